The molecule has 0 radical (unpaired) electrons. The molecule has 0 aromatic heterocycles. The number of methoxy groups -OCH3 is 1. The highest BCUT2D eigenvalue weighted by Crippen LogP contribution is 2.15. The third kappa shape index (κ3) is 17.6. The molecule has 0 aliphatic heterocycles. The van der Waals surface area contributed by atoms with Gasteiger partial charge in [-0.2, -0.15) is 0 Å². The van der Waals surface area contributed by atoms with E-state index in [4.69, 9.17) is 0 Å². The quantitative estimate of drug-likeness (QED) is 0.159. The highest BCUT2D eigenvalue weighted by molar-refractivity contribution is 5.81. The van der Waals surface area contributed by atoms with Crippen LogP contribution in [0.4, 0.5) is 0 Å². The Bertz CT molecular complexity index is 296. The first-order valence-electron chi connectivity index (χ1n) is 10.4. The molecule has 0 N–H and O–H groups in total. The molecule has 0 saturated heterocycles. The van der Waals surface area contributed by atoms with Crippen LogP contribution in [0.3, 0.4) is 0 Å². The molecule has 1 unspecified atom stereocenters. The first kappa shape index (κ1) is 23.2. The third-order valence-electron chi connectivity index (χ3n) is 4.97. The SMILES string of the molecule is CCC(C)CCCCCCCCCCCCCCC=CC(=O)OC. The van der Waals surface area contributed by atoms with Crippen LogP contribution < -0.4 is 0 Å². The van der Waals surface area contributed by atoms with Crippen molar-refractivity contribution in [1.29, 1.82) is 0 Å². The maximum Gasteiger partial charge on any atom is 0.330 e. The average Bonchev–Trinajstić information content (AvgIpc) is 2.60. The van der Waals surface area contributed by atoms with E-state index in [9.17, 15) is 4.79 Å². The number of esters is 1. The second-order valence-corrected chi connectivity index (χ2v) is 7.26. The van der Waals surface area contributed by atoms with Crippen molar-refractivity contribution in [2.24, 2.45) is 5.92 Å². The lowest BCUT2D eigenvalue weighted by Gasteiger charge is -2.07. The normalized spacial score (nSPS) is 12.6. The van der Waals surface area contributed by atoms with E-state index in [2.05, 4.69) is 18.6 Å². The summed E-state index contributed by atoms with van der Waals surface area (Å²) in [5.74, 6) is 0.680. The summed E-state index contributed by atoms with van der Waals surface area (Å²) in [5, 5.41) is 0. The molecule has 0 aliphatic carbocycles. The van der Waals surface area contributed by atoms with E-state index in [-0.39, 0.29) is 5.97 Å². The summed E-state index contributed by atoms with van der Waals surface area (Å²) < 4.78 is 4.56. The number of hydrogen-bond donors (Lipinski definition) is 0. The van der Waals surface area contributed by atoms with E-state index >= 15 is 0 Å². The Hall–Kier alpha value is -0.790. The van der Waals surface area contributed by atoms with E-state index in [1.807, 2.05) is 6.08 Å². The molecule has 0 amide bonds. The van der Waals surface area contributed by atoms with Gasteiger partial charge in [0.05, 0.1) is 7.11 Å². The van der Waals surface area contributed by atoms with Crippen molar-refractivity contribution >= 4 is 5.97 Å². The number of allylic oxidation sites excluding steroid dienone is 1. The molecule has 0 spiro atoms. The highest BCUT2D eigenvalue weighted by Gasteiger charge is 1.98. The van der Waals surface area contributed by atoms with Crippen LogP contribution in [0, 0.1) is 5.92 Å². The summed E-state index contributed by atoms with van der Waals surface area (Å²) in [4.78, 5) is 10.9. The van der Waals surface area contributed by atoms with Crippen molar-refractivity contribution in [1.82, 2.24) is 0 Å². The summed E-state index contributed by atoms with van der Waals surface area (Å²) in [6.07, 6.45) is 23.8. The molecule has 2 heteroatoms. The maximum atomic E-state index is 10.9. The summed E-state index contributed by atoms with van der Waals surface area (Å²) in [6, 6.07) is 0. The van der Waals surface area contributed by atoms with Crippen LogP contribution in [0.1, 0.15) is 110 Å². The molecule has 0 aromatic rings. The molecule has 0 bridgehead atoms. The maximum absolute atomic E-state index is 10.9. The molecule has 0 fully saturated rings. The fraction of sp³-hybridized carbons (Fsp3) is 0.864. The van der Waals surface area contributed by atoms with E-state index in [0.29, 0.717) is 0 Å². The van der Waals surface area contributed by atoms with Crippen molar-refractivity contribution in [3.8, 4) is 0 Å². The third-order valence-corrected chi connectivity index (χ3v) is 4.97. The molecule has 1 atom stereocenters. The number of hydrogen-bond acceptors (Lipinski definition) is 2. The molecule has 0 rings (SSSR count). The van der Waals surface area contributed by atoms with Gasteiger partial charge >= 0.3 is 5.97 Å². The van der Waals surface area contributed by atoms with Crippen molar-refractivity contribution in [2.75, 3.05) is 7.11 Å². The van der Waals surface area contributed by atoms with E-state index in [1.165, 1.54) is 103 Å². The van der Waals surface area contributed by atoms with Gasteiger partial charge in [-0.05, 0) is 18.8 Å². The topological polar surface area (TPSA) is 26.3 Å². The van der Waals surface area contributed by atoms with Gasteiger partial charge in [0, 0.05) is 6.08 Å². The lowest BCUT2D eigenvalue weighted by atomic mass is 9.99. The Balaban J connectivity index is 3.10. The van der Waals surface area contributed by atoms with E-state index in [0.717, 1.165) is 12.3 Å². The van der Waals surface area contributed by atoms with Crippen LogP contribution in [0.2, 0.25) is 0 Å². The van der Waals surface area contributed by atoms with Crippen LogP contribution in [-0.2, 0) is 9.53 Å². The Kier molecular flexibility index (Phi) is 17.9. The van der Waals surface area contributed by atoms with E-state index < -0.39 is 0 Å². The molecule has 24 heavy (non-hydrogen) atoms. The van der Waals surface area contributed by atoms with Crippen molar-refractivity contribution in [2.45, 2.75) is 110 Å². The second kappa shape index (κ2) is 18.5. The number of unbranched alkanes of at least 4 members (excludes halogenated alkanes) is 12. The first-order valence-corrected chi connectivity index (χ1v) is 10.4. The van der Waals surface area contributed by atoms with Gasteiger partial charge in [0.1, 0.15) is 0 Å². The molecule has 0 aliphatic rings. The zero-order valence-corrected chi connectivity index (χ0v) is 16.7. The van der Waals surface area contributed by atoms with Crippen LogP contribution in [0.5, 0.6) is 0 Å². The largest absolute Gasteiger partial charge is 0.466 e. The molecule has 0 heterocycles. The van der Waals surface area contributed by atoms with Crippen LogP contribution in [0.15, 0.2) is 12.2 Å². The van der Waals surface area contributed by atoms with Gasteiger partial charge in [0.2, 0.25) is 0 Å². The van der Waals surface area contributed by atoms with Gasteiger partial charge in [-0.25, -0.2) is 4.79 Å². The van der Waals surface area contributed by atoms with Gasteiger partial charge < -0.3 is 4.74 Å². The number of carbonyl (C=O) groups is 1. The molecule has 2 nitrogen and oxygen atoms in total. The smallest absolute Gasteiger partial charge is 0.330 e. The van der Waals surface area contributed by atoms with Gasteiger partial charge in [0.15, 0.2) is 0 Å². The lowest BCUT2D eigenvalue weighted by molar-refractivity contribution is -0.134. The molecule has 142 valence electrons. The van der Waals surface area contributed by atoms with Gasteiger partial charge in [0.25, 0.3) is 0 Å². The van der Waals surface area contributed by atoms with Crippen molar-refractivity contribution in [3.05, 3.63) is 12.2 Å². The summed E-state index contributed by atoms with van der Waals surface area (Å²) in [5.41, 5.74) is 0. The molecular formula is C22H42O2. The monoisotopic (exact) mass is 338 g/mol. The fourth-order valence-electron chi connectivity index (χ4n) is 2.97. The summed E-state index contributed by atoms with van der Waals surface area (Å²) >= 11 is 0. The minimum absolute atomic E-state index is 0.245. The second-order valence-electron chi connectivity index (χ2n) is 7.26. The average molecular weight is 339 g/mol. The molecule has 0 saturated carbocycles. The molecular weight excluding hydrogens is 296 g/mol. The predicted molar refractivity (Wildman–Crippen MR) is 105 cm³/mol. The zero-order valence-electron chi connectivity index (χ0n) is 16.7. The van der Waals surface area contributed by atoms with Crippen LogP contribution in [0.25, 0.3) is 0 Å². The van der Waals surface area contributed by atoms with Gasteiger partial charge in [-0.1, -0.05) is 103 Å². The first-order chi connectivity index (χ1) is 11.7. The van der Waals surface area contributed by atoms with Crippen LogP contribution in [-0.4, -0.2) is 13.1 Å². The Morgan fingerprint density at radius 1 is 0.833 bits per heavy atom. The number of carbonyl (C=O) groups excluding carboxylic acids is 1. The predicted octanol–water partition coefficient (Wildman–Crippen LogP) is 7.22. The lowest BCUT2D eigenvalue weighted by Crippen LogP contribution is -1.93. The molecule has 0 aromatic carbocycles. The van der Waals surface area contributed by atoms with Gasteiger partial charge in [-0.3, -0.25) is 0 Å². The summed E-state index contributed by atoms with van der Waals surface area (Å²) in [6.45, 7) is 4.67. The number of ether oxygens (including phenoxy) is 1. The van der Waals surface area contributed by atoms with Crippen LogP contribution >= 0.6 is 0 Å². The standard InChI is InChI=1S/C22H42O2/c1-4-21(2)19-17-15-13-11-9-7-5-6-8-10-12-14-16-18-20-22(23)24-3/h18,20-21H,4-17,19H2,1-3H3. The minimum atomic E-state index is -0.245. The summed E-state index contributed by atoms with van der Waals surface area (Å²) in [7, 11) is 1.42. The van der Waals surface area contributed by atoms with Crippen molar-refractivity contribution < 1.29 is 9.53 Å². The van der Waals surface area contributed by atoms with Crippen molar-refractivity contribution in [3.63, 3.8) is 0 Å². The van der Waals surface area contributed by atoms with Gasteiger partial charge in [-0.15, -0.1) is 0 Å². The fourth-order valence-corrected chi connectivity index (χ4v) is 2.97. The zero-order chi connectivity index (χ0) is 17.9. The van der Waals surface area contributed by atoms with E-state index in [1.54, 1.807) is 0 Å². The Morgan fingerprint density at radius 3 is 1.75 bits per heavy atom. The minimum Gasteiger partial charge on any atom is -0.466 e. The number of rotatable bonds is 17. The Morgan fingerprint density at radius 2 is 1.29 bits per heavy atom. The highest BCUT2D eigenvalue weighted by atomic mass is 16.5. The Labute approximate surface area is 151 Å².